The SMILES string of the molecule is Cc1sc(-c2ccco2)nc1C(=O)N1CCNC(C)C1C.Cl.Cl. The Labute approximate surface area is 152 Å². The van der Waals surface area contributed by atoms with Gasteiger partial charge in [0.1, 0.15) is 5.69 Å². The van der Waals surface area contributed by atoms with Crippen LogP contribution in [0, 0.1) is 6.92 Å². The zero-order valence-electron chi connectivity index (χ0n) is 13.2. The molecule has 128 valence electrons. The molecule has 3 heterocycles. The van der Waals surface area contributed by atoms with Gasteiger partial charge >= 0.3 is 0 Å². The maximum Gasteiger partial charge on any atom is 0.273 e. The number of piperazine rings is 1. The van der Waals surface area contributed by atoms with Crippen molar-refractivity contribution in [2.24, 2.45) is 0 Å². The van der Waals surface area contributed by atoms with Crippen LogP contribution in [0.2, 0.25) is 0 Å². The molecule has 0 aliphatic carbocycles. The van der Waals surface area contributed by atoms with Crippen molar-refractivity contribution >= 4 is 42.1 Å². The summed E-state index contributed by atoms with van der Waals surface area (Å²) in [5.41, 5.74) is 0.548. The number of nitrogens with one attached hydrogen (secondary N) is 1. The standard InChI is InChI=1S/C15H19N3O2S.2ClH/c1-9-10(2)18(7-6-16-9)15(19)13-11(3)21-14(17-13)12-5-4-8-20-12;;/h4-5,8-10,16H,6-7H2,1-3H3;2*1H. The van der Waals surface area contributed by atoms with Crippen molar-refractivity contribution in [3.63, 3.8) is 0 Å². The van der Waals surface area contributed by atoms with E-state index in [1.54, 1.807) is 6.26 Å². The predicted octanol–water partition coefficient (Wildman–Crippen LogP) is 3.38. The molecular formula is C15H21Cl2N3O2S. The van der Waals surface area contributed by atoms with Crippen molar-refractivity contribution in [3.8, 4) is 10.8 Å². The topological polar surface area (TPSA) is 58.4 Å². The third-order valence-corrected chi connectivity index (χ3v) is 5.01. The van der Waals surface area contributed by atoms with Crippen LogP contribution < -0.4 is 5.32 Å². The van der Waals surface area contributed by atoms with Crippen molar-refractivity contribution in [1.29, 1.82) is 0 Å². The summed E-state index contributed by atoms with van der Waals surface area (Å²) < 4.78 is 5.36. The number of hydrogen-bond donors (Lipinski definition) is 1. The number of halogens is 2. The van der Waals surface area contributed by atoms with Gasteiger partial charge in [0.25, 0.3) is 5.91 Å². The highest BCUT2D eigenvalue weighted by Crippen LogP contribution is 2.29. The van der Waals surface area contributed by atoms with Crippen molar-refractivity contribution in [2.45, 2.75) is 32.9 Å². The van der Waals surface area contributed by atoms with Crippen molar-refractivity contribution < 1.29 is 9.21 Å². The third kappa shape index (κ3) is 3.88. The summed E-state index contributed by atoms with van der Waals surface area (Å²) in [5, 5.41) is 4.14. The van der Waals surface area contributed by atoms with Crippen LogP contribution >= 0.6 is 36.2 Å². The van der Waals surface area contributed by atoms with Crippen LogP contribution in [0.3, 0.4) is 0 Å². The quantitative estimate of drug-likeness (QED) is 0.871. The molecule has 1 fully saturated rings. The number of carbonyl (C=O) groups excluding carboxylic acids is 1. The minimum atomic E-state index is 0. The number of aryl methyl sites for hydroxylation is 1. The molecular weight excluding hydrogens is 357 g/mol. The average Bonchev–Trinajstić information content (AvgIpc) is 3.10. The van der Waals surface area contributed by atoms with E-state index in [0.29, 0.717) is 17.5 Å². The molecule has 0 saturated carbocycles. The Kier molecular flexibility index (Phi) is 7.07. The largest absolute Gasteiger partial charge is 0.462 e. The summed E-state index contributed by atoms with van der Waals surface area (Å²) in [7, 11) is 0. The number of carbonyl (C=O) groups is 1. The monoisotopic (exact) mass is 377 g/mol. The number of rotatable bonds is 2. The Bertz CT molecular complexity index is 645. The lowest BCUT2D eigenvalue weighted by molar-refractivity contribution is 0.0597. The van der Waals surface area contributed by atoms with Gasteiger partial charge in [-0.1, -0.05) is 0 Å². The lowest BCUT2D eigenvalue weighted by Gasteiger charge is -2.38. The minimum absolute atomic E-state index is 0. The van der Waals surface area contributed by atoms with E-state index in [0.717, 1.165) is 23.0 Å². The number of nitrogens with zero attached hydrogens (tertiary/aromatic N) is 2. The summed E-state index contributed by atoms with van der Waals surface area (Å²) in [6.45, 7) is 7.66. The van der Waals surface area contributed by atoms with Crippen molar-refractivity contribution in [3.05, 3.63) is 29.0 Å². The van der Waals surface area contributed by atoms with E-state index in [1.807, 2.05) is 24.0 Å². The zero-order valence-corrected chi connectivity index (χ0v) is 15.7. The molecule has 1 N–H and O–H groups in total. The van der Waals surface area contributed by atoms with E-state index in [2.05, 4.69) is 24.1 Å². The summed E-state index contributed by atoms with van der Waals surface area (Å²) in [4.78, 5) is 20.1. The van der Waals surface area contributed by atoms with Crippen LogP contribution in [0.5, 0.6) is 0 Å². The lowest BCUT2D eigenvalue weighted by Crippen LogP contribution is -2.57. The molecule has 2 aromatic rings. The summed E-state index contributed by atoms with van der Waals surface area (Å²) in [5.74, 6) is 0.728. The molecule has 8 heteroatoms. The van der Waals surface area contributed by atoms with Gasteiger partial charge in [-0.15, -0.1) is 36.2 Å². The Morgan fingerprint density at radius 1 is 1.43 bits per heavy atom. The Morgan fingerprint density at radius 3 is 2.83 bits per heavy atom. The number of hydrogen-bond acceptors (Lipinski definition) is 5. The number of furan rings is 1. The van der Waals surface area contributed by atoms with Gasteiger partial charge in [-0.3, -0.25) is 4.79 Å². The second-order valence-electron chi connectivity index (χ2n) is 5.38. The molecule has 1 saturated heterocycles. The first kappa shape index (κ1) is 20.0. The summed E-state index contributed by atoms with van der Waals surface area (Å²) in [6.07, 6.45) is 1.62. The van der Waals surface area contributed by atoms with E-state index in [1.165, 1.54) is 11.3 Å². The van der Waals surface area contributed by atoms with Gasteiger partial charge in [-0.2, -0.15) is 0 Å². The second-order valence-corrected chi connectivity index (χ2v) is 6.59. The van der Waals surface area contributed by atoms with E-state index in [-0.39, 0.29) is 36.8 Å². The van der Waals surface area contributed by atoms with Crippen LogP contribution in [-0.2, 0) is 0 Å². The van der Waals surface area contributed by atoms with Crippen LogP contribution in [0.25, 0.3) is 10.8 Å². The number of amides is 1. The van der Waals surface area contributed by atoms with E-state index >= 15 is 0 Å². The zero-order chi connectivity index (χ0) is 15.0. The van der Waals surface area contributed by atoms with E-state index in [4.69, 9.17) is 4.42 Å². The van der Waals surface area contributed by atoms with Gasteiger partial charge in [0, 0.05) is 30.1 Å². The Morgan fingerprint density at radius 2 is 2.17 bits per heavy atom. The molecule has 2 atom stereocenters. The molecule has 5 nitrogen and oxygen atoms in total. The van der Waals surface area contributed by atoms with Crippen molar-refractivity contribution in [1.82, 2.24) is 15.2 Å². The molecule has 0 bridgehead atoms. The first-order chi connectivity index (χ1) is 10.1. The molecule has 3 rings (SSSR count). The first-order valence-corrected chi connectivity index (χ1v) is 7.95. The molecule has 1 aliphatic heterocycles. The van der Waals surface area contributed by atoms with Crippen LogP contribution in [0.4, 0.5) is 0 Å². The second kappa shape index (κ2) is 8.15. The highest BCUT2D eigenvalue weighted by Gasteiger charge is 2.31. The van der Waals surface area contributed by atoms with Gasteiger partial charge in [-0.25, -0.2) is 4.98 Å². The van der Waals surface area contributed by atoms with Gasteiger partial charge in [-0.05, 0) is 32.9 Å². The lowest BCUT2D eigenvalue weighted by atomic mass is 10.1. The maximum absolute atomic E-state index is 12.8. The molecule has 2 unspecified atom stereocenters. The van der Waals surface area contributed by atoms with Gasteiger partial charge in [0.15, 0.2) is 10.8 Å². The third-order valence-electron chi connectivity index (χ3n) is 4.03. The molecule has 2 aromatic heterocycles. The Balaban J connectivity index is 0.00000132. The highest BCUT2D eigenvalue weighted by atomic mass is 35.5. The van der Waals surface area contributed by atoms with Crippen LogP contribution in [0.1, 0.15) is 29.2 Å². The van der Waals surface area contributed by atoms with E-state index in [9.17, 15) is 4.79 Å². The highest BCUT2D eigenvalue weighted by molar-refractivity contribution is 7.15. The van der Waals surface area contributed by atoms with Crippen molar-refractivity contribution in [2.75, 3.05) is 13.1 Å². The summed E-state index contributed by atoms with van der Waals surface area (Å²) >= 11 is 1.50. The number of aromatic nitrogens is 1. The minimum Gasteiger partial charge on any atom is -0.462 e. The fourth-order valence-electron chi connectivity index (χ4n) is 2.58. The summed E-state index contributed by atoms with van der Waals surface area (Å²) in [6, 6.07) is 4.15. The average molecular weight is 378 g/mol. The molecule has 1 amide bonds. The normalized spacial score (nSPS) is 20.6. The number of thiazole rings is 1. The first-order valence-electron chi connectivity index (χ1n) is 7.13. The van der Waals surface area contributed by atoms with Gasteiger partial charge in [0.2, 0.25) is 0 Å². The van der Waals surface area contributed by atoms with E-state index < -0.39 is 0 Å². The van der Waals surface area contributed by atoms with Gasteiger partial charge in [0.05, 0.1) is 6.26 Å². The Hall–Kier alpha value is -1.08. The van der Waals surface area contributed by atoms with Crippen LogP contribution in [0.15, 0.2) is 22.8 Å². The molecule has 0 spiro atoms. The molecule has 23 heavy (non-hydrogen) atoms. The molecule has 0 aromatic carbocycles. The maximum atomic E-state index is 12.8. The fraction of sp³-hybridized carbons (Fsp3) is 0.467. The van der Waals surface area contributed by atoms with Crippen LogP contribution in [-0.4, -0.2) is 41.0 Å². The smallest absolute Gasteiger partial charge is 0.273 e. The van der Waals surface area contributed by atoms with Gasteiger partial charge < -0.3 is 14.6 Å². The predicted molar refractivity (Wildman–Crippen MR) is 97.0 cm³/mol. The molecule has 1 aliphatic rings. The fourth-order valence-corrected chi connectivity index (χ4v) is 3.45. The molecule has 0 radical (unpaired) electrons.